The van der Waals surface area contributed by atoms with Crippen LogP contribution >= 0.6 is 0 Å². The lowest BCUT2D eigenvalue weighted by Gasteiger charge is -2.30. The first kappa shape index (κ1) is 15.7. The first-order chi connectivity index (χ1) is 9.93. The Labute approximate surface area is 124 Å². The molecule has 0 saturated carbocycles. The number of morpholine rings is 1. The molecule has 1 saturated heterocycles. The Morgan fingerprint density at radius 1 is 1.48 bits per heavy atom. The molecule has 21 heavy (non-hydrogen) atoms. The van der Waals surface area contributed by atoms with Crippen molar-refractivity contribution in [1.29, 1.82) is 0 Å². The molecule has 0 spiro atoms. The summed E-state index contributed by atoms with van der Waals surface area (Å²) in [5.41, 5.74) is 10.4. The fourth-order valence-corrected chi connectivity index (χ4v) is 2.48. The van der Waals surface area contributed by atoms with Crippen LogP contribution in [0.15, 0.2) is 12.3 Å². The molecule has 1 aliphatic rings. The Morgan fingerprint density at radius 2 is 2.14 bits per heavy atom. The van der Waals surface area contributed by atoms with Crippen LogP contribution in [0.5, 0.6) is 0 Å². The zero-order valence-electron chi connectivity index (χ0n) is 12.6. The molecule has 116 valence electrons. The quantitative estimate of drug-likeness (QED) is 0.791. The summed E-state index contributed by atoms with van der Waals surface area (Å²) in [6, 6.07) is 1.81. The second-order valence-corrected chi connectivity index (χ2v) is 5.77. The summed E-state index contributed by atoms with van der Waals surface area (Å²) in [5, 5.41) is 0. The van der Waals surface area contributed by atoms with Crippen LogP contribution in [-0.2, 0) is 15.1 Å². The predicted octanol–water partition coefficient (Wildman–Crippen LogP) is -0.00140. The fourth-order valence-electron chi connectivity index (χ4n) is 2.48. The zero-order valence-corrected chi connectivity index (χ0v) is 12.6. The first-order valence-electron chi connectivity index (χ1n) is 7.18. The van der Waals surface area contributed by atoms with Gasteiger partial charge in [-0.3, -0.25) is 4.79 Å². The molecule has 0 unspecified atom stereocenters. The van der Waals surface area contributed by atoms with Crippen molar-refractivity contribution in [3.8, 4) is 0 Å². The van der Waals surface area contributed by atoms with Crippen LogP contribution in [0.1, 0.15) is 26.1 Å². The van der Waals surface area contributed by atoms with Gasteiger partial charge in [-0.2, -0.15) is 0 Å². The Hall–Kier alpha value is -1.73. The maximum Gasteiger partial charge on any atom is 0.245 e. The van der Waals surface area contributed by atoms with Crippen molar-refractivity contribution in [2.24, 2.45) is 17.4 Å². The van der Waals surface area contributed by atoms with Crippen LogP contribution in [0.2, 0.25) is 0 Å². The van der Waals surface area contributed by atoms with Gasteiger partial charge >= 0.3 is 0 Å². The number of carbonyl (C=O) groups is 1. The number of carbonyl (C=O) groups excluding carboxylic acids is 1. The number of nitrogens with zero attached hydrogens (tertiary/aromatic N) is 3. The Bertz CT molecular complexity index is 502. The molecule has 1 aromatic heterocycles. The van der Waals surface area contributed by atoms with Crippen molar-refractivity contribution in [3.63, 3.8) is 0 Å². The number of ether oxygens (including phenoxy) is 1. The summed E-state index contributed by atoms with van der Waals surface area (Å²) in [6.45, 7) is 6.81. The SMILES string of the molecule is CC(C)C[C@](N)(C(N)=O)c1nccc(N2CCOCC2)n1. The number of nitrogens with two attached hydrogens (primary N) is 2. The van der Waals surface area contributed by atoms with Crippen LogP contribution in [0.4, 0.5) is 5.82 Å². The summed E-state index contributed by atoms with van der Waals surface area (Å²) in [7, 11) is 0. The number of aromatic nitrogens is 2. The molecule has 0 bridgehead atoms. The lowest BCUT2D eigenvalue weighted by molar-refractivity contribution is -0.124. The summed E-state index contributed by atoms with van der Waals surface area (Å²) in [6.07, 6.45) is 2.03. The molecule has 1 fully saturated rings. The molecule has 1 aromatic rings. The molecular weight excluding hydrogens is 270 g/mol. The van der Waals surface area contributed by atoms with Gasteiger partial charge in [0, 0.05) is 19.3 Å². The molecule has 1 aliphatic heterocycles. The van der Waals surface area contributed by atoms with E-state index in [2.05, 4.69) is 14.9 Å². The monoisotopic (exact) mass is 293 g/mol. The zero-order chi connectivity index (χ0) is 15.5. The lowest BCUT2D eigenvalue weighted by Crippen LogP contribution is -2.51. The standard InChI is InChI=1S/C14H23N5O2/c1-10(2)9-14(16,12(15)20)13-17-4-3-11(18-13)19-5-7-21-8-6-19/h3-4,10H,5-9,16H2,1-2H3,(H2,15,20)/t14-/m0/s1. The Morgan fingerprint density at radius 3 is 2.71 bits per heavy atom. The van der Waals surface area contributed by atoms with Gasteiger partial charge in [0.25, 0.3) is 0 Å². The van der Waals surface area contributed by atoms with Gasteiger partial charge in [0.1, 0.15) is 5.82 Å². The minimum Gasteiger partial charge on any atom is -0.378 e. The molecule has 1 amide bonds. The number of hydrogen-bond donors (Lipinski definition) is 2. The van der Waals surface area contributed by atoms with Crippen molar-refractivity contribution >= 4 is 11.7 Å². The van der Waals surface area contributed by atoms with E-state index in [0.717, 1.165) is 18.9 Å². The Balaban J connectivity index is 2.31. The van der Waals surface area contributed by atoms with E-state index in [1.807, 2.05) is 19.9 Å². The van der Waals surface area contributed by atoms with Crippen LogP contribution in [0, 0.1) is 5.92 Å². The molecule has 0 aromatic carbocycles. The summed E-state index contributed by atoms with van der Waals surface area (Å²) in [4.78, 5) is 22.6. The van der Waals surface area contributed by atoms with E-state index < -0.39 is 11.4 Å². The van der Waals surface area contributed by atoms with Gasteiger partial charge in [0.05, 0.1) is 13.2 Å². The second kappa shape index (κ2) is 6.36. The normalized spacial score (nSPS) is 18.6. The fraction of sp³-hybridized carbons (Fsp3) is 0.643. The van der Waals surface area contributed by atoms with E-state index in [0.29, 0.717) is 19.6 Å². The third kappa shape index (κ3) is 3.48. The van der Waals surface area contributed by atoms with Crippen LogP contribution in [0.25, 0.3) is 0 Å². The topological polar surface area (TPSA) is 107 Å². The maximum absolute atomic E-state index is 11.8. The third-order valence-electron chi connectivity index (χ3n) is 3.54. The number of amides is 1. The van der Waals surface area contributed by atoms with Gasteiger partial charge in [-0.15, -0.1) is 0 Å². The molecule has 7 heteroatoms. The average Bonchev–Trinajstić information content (AvgIpc) is 2.47. The van der Waals surface area contributed by atoms with Gasteiger partial charge in [-0.1, -0.05) is 13.8 Å². The molecule has 1 atom stereocenters. The van der Waals surface area contributed by atoms with Crippen LogP contribution in [0.3, 0.4) is 0 Å². The van der Waals surface area contributed by atoms with Gasteiger partial charge in [0.15, 0.2) is 11.4 Å². The molecule has 7 nitrogen and oxygen atoms in total. The first-order valence-corrected chi connectivity index (χ1v) is 7.18. The highest BCUT2D eigenvalue weighted by Gasteiger charge is 2.38. The smallest absolute Gasteiger partial charge is 0.245 e. The predicted molar refractivity (Wildman–Crippen MR) is 79.6 cm³/mol. The number of anilines is 1. The molecule has 0 radical (unpaired) electrons. The van der Waals surface area contributed by atoms with E-state index in [4.69, 9.17) is 16.2 Å². The van der Waals surface area contributed by atoms with Crippen LogP contribution in [-0.4, -0.2) is 42.2 Å². The van der Waals surface area contributed by atoms with Crippen molar-refractivity contribution in [1.82, 2.24) is 9.97 Å². The highest BCUT2D eigenvalue weighted by atomic mass is 16.5. The van der Waals surface area contributed by atoms with Crippen molar-refractivity contribution in [2.75, 3.05) is 31.2 Å². The maximum atomic E-state index is 11.8. The average molecular weight is 293 g/mol. The van der Waals surface area contributed by atoms with Crippen molar-refractivity contribution in [2.45, 2.75) is 25.8 Å². The van der Waals surface area contributed by atoms with E-state index in [1.54, 1.807) is 6.20 Å². The van der Waals surface area contributed by atoms with Crippen molar-refractivity contribution < 1.29 is 9.53 Å². The number of hydrogen-bond acceptors (Lipinski definition) is 6. The molecule has 2 heterocycles. The molecule has 2 rings (SSSR count). The van der Waals surface area contributed by atoms with Crippen molar-refractivity contribution in [3.05, 3.63) is 18.1 Å². The van der Waals surface area contributed by atoms with E-state index in [-0.39, 0.29) is 11.7 Å². The van der Waals surface area contributed by atoms with E-state index in [1.165, 1.54) is 0 Å². The van der Waals surface area contributed by atoms with Gasteiger partial charge in [0.2, 0.25) is 5.91 Å². The number of primary amides is 1. The van der Waals surface area contributed by atoms with E-state index in [9.17, 15) is 4.79 Å². The summed E-state index contributed by atoms with van der Waals surface area (Å²) >= 11 is 0. The third-order valence-corrected chi connectivity index (χ3v) is 3.54. The largest absolute Gasteiger partial charge is 0.378 e. The second-order valence-electron chi connectivity index (χ2n) is 5.77. The summed E-state index contributed by atoms with van der Waals surface area (Å²) < 4.78 is 5.33. The van der Waals surface area contributed by atoms with E-state index >= 15 is 0 Å². The lowest BCUT2D eigenvalue weighted by atomic mass is 9.88. The molecular formula is C14H23N5O2. The van der Waals surface area contributed by atoms with Gasteiger partial charge in [-0.25, -0.2) is 9.97 Å². The minimum atomic E-state index is -1.34. The minimum absolute atomic E-state index is 0.207. The highest BCUT2D eigenvalue weighted by Crippen LogP contribution is 2.24. The van der Waals surface area contributed by atoms with Gasteiger partial charge < -0.3 is 21.1 Å². The molecule has 0 aliphatic carbocycles. The van der Waals surface area contributed by atoms with Crippen LogP contribution < -0.4 is 16.4 Å². The number of rotatable bonds is 5. The summed E-state index contributed by atoms with van der Waals surface area (Å²) in [5.74, 6) is 0.643. The highest BCUT2D eigenvalue weighted by molar-refractivity contribution is 5.85. The van der Waals surface area contributed by atoms with Gasteiger partial charge in [-0.05, 0) is 18.4 Å². The Kier molecular flexibility index (Phi) is 4.74. The molecule has 4 N–H and O–H groups in total.